The van der Waals surface area contributed by atoms with E-state index in [4.69, 9.17) is 0 Å². The maximum atomic E-state index is 12.8. The molecule has 0 radical (unpaired) electrons. The van der Waals surface area contributed by atoms with Crippen molar-refractivity contribution in [3.8, 4) is 11.3 Å². The number of aromatic nitrogens is 2. The summed E-state index contributed by atoms with van der Waals surface area (Å²) in [6, 6.07) is 5.86. The lowest BCUT2D eigenvalue weighted by Crippen LogP contribution is -1.96. The minimum absolute atomic E-state index is 0.319. The van der Waals surface area contributed by atoms with Crippen LogP contribution in [0.15, 0.2) is 35.6 Å². The Morgan fingerprint density at radius 3 is 2.59 bits per heavy atom. The van der Waals surface area contributed by atoms with Gasteiger partial charge in [-0.05, 0) is 30.5 Å². The van der Waals surface area contributed by atoms with Crippen LogP contribution in [0.5, 0.6) is 0 Å². The molecule has 2 aromatic rings. The molecule has 0 amide bonds. The Hall–Kier alpha value is -1.75. The summed E-state index contributed by atoms with van der Waals surface area (Å²) in [5.41, 5.74) is 1.62. The van der Waals surface area contributed by atoms with Gasteiger partial charge in [-0.15, -0.1) is 0 Å². The molecule has 5 heteroatoms. The van der Waals surface area contributed by atoms with Crippen LogP contribution < -0.4 is 0 Å². The van der Waals surface area contributed by atoms with Crippen LogP contribution in [0.4, 0.5) is 4.39 Å². The molecule has 1 aromatic carbocycles. The molecule has 0 fully saturated rings. The average Bonchev–Trinajstić information content (AvgIpc) is 2.39. The number of carbonyl (C=O) groups excluding carboxylic acids is 1. The normalized spacial score (nSPS) is 10.2. The zero-order valence-corrected chi connectivity index (χ0v) is 9.87. The lowest BCUT2D eigenvalue weighted by Gasteiger charge is -2.05. The Morgan fingerprint density at radius 2 is 2.00 bits per heavy atom. The molecule has 0 saturated heterocycles. The van der Waals surface area contributed by atoms with Crippen molar-refractivity contribution in [2.75, 3.05) is 6.26 Å². The quantitative estimate of drug-likeness (QED) is 0.476. The van der Waals surface area contributed by atoms with Gasteiger partial charge in [0.25, 0.3) is 0 Å². The number of rotatable bonds is 3. The minimum Gasteiger partial charge on any atom is -0.298 e. The van der Waals surface area contributed by atoms with Crippen molar-refractivity contribution in [2.24, 2.45) is 0 Å². The van der Waals surface area contributed by atoms with E-state index in [9.17, 15) is 9.18 Å². The lowest BCUT2D eigenvalue weighted by atomic mass is 10.1. The van der Waals surface area contributed by atoms with Crippen LogP contribution in [-0.2, 0) is 0 Å². The summed E-state index contributed by atoms with van der Waals surface area (Å²) in [6.07, 6.45) is 4.03. The molecule has 86 valence electrons. The second-order valence-corrected chi connectivity index (χ2v) is 4.06. The third kappa shape index (κ3) is 2.50. The predicted octanol–water partition coefficient (Wildman–Crippen LogP) is 2.82. The first-order valence-electron chi connectivity index (χ1n) is 4.86. The van der Waals surface area contributed by atoms with Gasteiger partial charge in [0, 0.05) is 11.8 Å². The van der Waals surface area contributed by atoms with Gasteiger partial charge in [-0.3, -0.25) is 4.79 Å². The third-order valence-corrected chi connectivity index (χ3v) is 2.78. The van der Waals surface area contributed by atoms with Crippen LogP contribution >= 0.6 is 11.8 Å². The van der Waals surface area contributed by atoms with Gasteiger partial charge >= 0.3 is 0 Å². The van der Waals surface area contributed by atoms with Gasteiger partial charge in [0.05, 0.1) is 11.3 Å². The van der Waals surface area contributed by atoms with Crippen LogP contribution in [0.1, 0.15) is 10.4 Å². The molecule has 0 aliphatic rings. The maximum Gasteiger partial charge on any atom is 0.187 e. The summed E-state index contributed by atoms with van der Waals surface area (Å²) < 4.78 is 12.8. The van der Waals surface area contributed by atoms with Crippen molar-refractivity contribution in [1.82, 2.24) is 9.97 Å². The summed E-state index contributed by atoms with van der Waals surface area (Å²) in [7, 11) is 0. The van der Waals surface area contributed by atoms with Crippen LogP contribution in [0, 0.1) is 5.82 Å². The van der Waals surface area contributed by atoms with Crippen molar-refractivity contribution in [1.29, 1.82) is 0 Å². The Labute approximate surface area is 102 Å². The highest BCUT2D eigenvalue weighted by atomic mass is 32.2. The van der Waals surface area contributed by atoms with Gasteiger partial charge in [0.1, 0.15) is 5.82 Å². The molecule has 0 aliphatic carbocycles. The van der Waals surface area contributed by atoms with Crippen molar-refractivity contribution >= 4 is 18.0 Å². The Kier molecular flexibility index (Phi) is 3.49. The summed E-state index contributed by atoms with van der Waals surface area (Å²) in [4.78, 5) is 19.2. The van der Waals surface area contributed by atoms with Gasteiger partial charge in [-0.25, -0.2) is 14.4 Å². The van der Waals surface area contributed by atoms with Gasteiger partial charge in [-0.1, -0.05) is 11.8 Å². The first-order valence-corrected chi connectivity index (χ1v) is 6.09. The molecule has 17 heavy (non-hydrogen) atoms. The number of aldehydes is 1. The number of halogens is 1. The predicted molar refractivity (Wildman–Crippen MR) is 64.6 cm³/mol. The summed E-state index contributed by atoms with van der Waals surface area (Å²) in [6.45, 7) is 0. The fourth-order valence-corrected chi connectivity index (χ4v) is 1.74. The molecule has 1 heterocycles. The molecule has 0 unspecified atom stereocenters. The highest BCUT2D eigenvalue weighted by molar-refractivity contribution is 7.98. The summed E-state index contributed by atoms with van der Waals surface area (Å²) in [5.74, 6) is -0.319. The first-order chi connectivity index (χ1) is 8.24. The molecule has 0 bridgehead atoms. The average molecular weight is 248 g/mol. The maximum absolute atomic E-state index is 12.8. The van der Waals surface area contributed by atoms with E-state index in [1.165, 1.54) is 30.1 Å². The number of carbonyl (C=O) groups is 1. The van der Waals surface area contributed by atoms with E-state index in [-0.39, 0.29) is 5.82 Å². The largest absolute Gasteiger partial charge is 0.298 e. The number of hydrogen-bond donors (Lipinski definition) is 0. The molecule has 0 N–H and O–H groups in total. The lowest BCUT2D eigenvalue weighted by molar-refractivity contribution is 0.112. The molecule has 1 aromatic heterocycles. The molecule has 0 atom stereocenters. The van der Waals surface area contributed by atoms with Crippen molar-refractivity contribution < 1.29 is 9.18 Å². The van der Waals surface area contributed by atoms with Crippen molar-refractivity contribution in [2.45, 2.75) is 5.16 Å². The second kappa shape index (κ2) is 5.05. The van der Waals surface area contributed by atoms with Gasteiger partial charge < -0.3 is 0 Å². The van der Waals surface area contributed by atoms with E-state index < -0.39 is 0 Å². The van der Waals surface area contributed by atoms with E-state index in [0.29, 0.717) is 28.3 Å². The van der Waals surface area contributed by atoms with E-state index in [2.05, 4.69) is 9.97 Å². The van der Waals surface area contributed by atoms with E-state index in [1.54, 1.807) is 12.1 Å². The number of benzene rings is 1. The fourth-order valence-electron chi connectivity index (χ4n) is 1.40. The van der Waals surface area contributed by atoms with Crippen LogP contribution in [0.25, 0.3) is 11.3 Å². The molecule has 0 saturated carbocycles. The minimum atomic E-state index is -0.319. The highest BCUT2D eigenvalue weighted by Gasteiger charge is 2.08. The second-order valence-electron chi connectivity index (χ2n) is 3.29. The Balaban J connectivity index is 2.55. The SMILES string of the molecule is CSc1ncc(C=O)c(-c2ccc(F)cc2)n1. The Bertz CT molecular complexity index is 543. The van der Waals surface area contributed by atoms with E-state index >= 15 is 0 Å². The molecule has 0 spiro atoms. The first kappa shape index (κ1) is 11.7. The topological polar surface area (TPSA) is 42.9 Å². The fraction of sp³-hybridized carbons (Fsp3) is 0.0833. The molecule has 2 rings (SSSR count). The monoisotopic (exact) mass is 248 g/mol. The van der Waals surface area contributed by atoms with Gasteiger partial charge in [0.2, 0.25) is 0 Å². The zero-order chi connectivity index (χ0) is 12.3. The summed E-state index contributed by atoms with van der Waals surface area (Å²) >= 11 is 1.39. The highest BCUT2D eigenvalue weighted by Crippen LogP contribution is 2.22. The molecule has 0 aliphatic heterocycles. The molecule has 3 nitrogen and oxygen atoms in total. The van der Waals surface area contributed by atoms with E-state index in [0.717, 1.165) is 0 Å². The van der Waals surface area contributed by atoms with Crippen LogP contribution in [0.2, 0.25) is 0 Å². The molecular weight excluding hydrogens is 239 g/mol. The Morgan fingerprint density at radius 1 is 1.29 bits per heavy atom. The van der Waals surface area contributed by atoms with Gasteiger partial charge in [-0.2, -0.15) is 0 Å². The van der Waals surface area contributed by atoms with Crippen molar-refractivity contribution in [3.05, 3.63) is 41.8 Å². The van der Waals surface area contributed by atoms with Crippen LogP contribution in [0.3, 0.4) is 0 Å². The molecular formula is C12H9FN2OS. The van der Waals surface area contributed by atoms with Crippen molar-refractivity contribution in [3.63, 3.8) is 0 Å². The van der Waals surface area contributed by atoms with E-state index in [1.807, 2.05) is 6.26 Å². The summed E-state index contributed by atoms with van der Waals surface area (Å²) in [5, 5.41) is 0.579. The number of thioether (sulfide) groups is 1. The standard InChI is InChI=1S/C12H9FN2OS/c1-17-12-14-6-9(7-16)11(15-12)8-2-4-10(13)5-3-8/h2-7H,1H3. The third-order valence-electron chi connectivity index (χ3n) is 2.22. The van der Waals surface area contributed by atoms with Crippen LogP contribution in [-0.4, -0.2) is 22.5 Å². The number of hydrogen-bond acceptors (Lipinski definition) is 4. The smallest absolute Gasteiger partial charge is 0.187 e. The number of nitrogens with zero attached hydrogens (tertiary/aromatic N) is 2. The van der Waals surface area contributed by atoms with Gasteiger partial charge in [0.15, 0.2) is 11.4 Å². The zero-order valence-electron chi connectivity index (χ0n) is 9.05.